The zero-order chi connectivity index (χ0) is 23.6. The summed E-state index contributed by atoms with van der Waals surface area (Å²) in [5.74, 6) is 0.825. The highest BCUT2D eigenvalue weighted by Gasteiger charge is 2.12. The Labute approximate surface area is 190 Å². The molecule has 0 spiro atoms. The number of benzene rings is 2. The van der Waals surface area contributed by atoms with Crippen LogP contribution in [0.5, 0.6) is 5.75 Å². The summed E-state index contributed by atoms with van der Waals surface area (Å²) in [6, 6.07) is 15.9. The summed E-state index contributed by atoms with van der Waals surface area (Å²) in [5.41, 5.74) is 3.19. The van der Waals surface area contributed by atoms with Gasteiger partial charge >= 0.3 is 0 Å². The van der Waals surface area contributed by atoms with Crippen LogP contribution in [-0.4, -0.2) is 44.4 Å². The maximum absolute atomic E-state index is 12.0. The lowest BCUT2D eigenvalue weighted by molar-refractivity contribution is -0.114. The third-order valence-electron chi connectivity index (χ3n) is 3.64. The number of rotatable bonds is 7. The number of nitrogens with zero attached hydrogens (tertiary/aromatic N) is 1. The summed E-state index contributed by atoms with van der Waals surface area (Å²) in [4.78, 5) is 24.8. The molecule has 0 atom stereocenters. The molecule has 6 heteroatoms. The van der Waals surface area contributed by atoms with E-state index in [1.807, 2.05) is 61.5 Å². The monoisotopic (exact) mass is 441 g/mol. The van der Waals surface area contributed by atoms with Gasteiger partial charge in [0.25, 0.3) is 5.24 Å². The molecule has 0 saturated carbocycles. The lowest BCUT2D eigenvalue weighted by Gasteiger charge is -2.12. The summed E-state index contributed by atoms with van der Waals surface area (Å²) >= 11 is 1.03. The molecule has 0 bridgehead atoms. The van der Waals surface area contributed by atoms with Crippen molar-refractivity contribution in [3.63, 3.8) is 0 Å². The first kappa shape index (κ1) is 27.9. The average molecular weight is 442 g/mol. The van der Waals surface area contributed by atoms with Crippen molar-refractivity contribution >= 4 is 29.5 Å². The molecule has 0 saturated heterocycles. The predicted molar refractivity (Wildman–Crippen MR) is 132 cm³/mol. The lowest BCUT2D eigenvalue weighted by Crippen LogP contribution is -2.25. The van der Waals surface area contributed by atoms with Gasteiger partial charge in [-0.05, 0) is 58.5 Å². The van der Waals surface area contributed by atoms with E-state index >= 15 is 0 Å². The van der Waals surface area contributed by atoms with E-state index in [-0.39, 0.29) is 11.8 Å². The van der Waals surface area contributed by atoms with Crippen molar-refractivity contribution in [1.82, 2.24) is 4.90 Å². The van der Waals surface area contributed by atoms with Gasteiger partial charge in [-0.3, -0.25) is 14.5 Å². The molecule has 0 aliphatic rings. The summed E-state index contributed by atoms with van der Waals surface area (Å²) < 4.78 is 9.42. The van der Waals surface area contributed by atoms with E-state index in [0.717, 1.165) is 44.0 Å². The first-order chi connectivity index (χ1) is 15.0. The number of thioether (sulfide) groups is 1. The van der Waals surface area contributed by atoms with Crippen molar-refractivity contribution in [2.45, 2.75) is 6.92 Å². The van der Waals surface area contributed by atoms with Crippen molar-refractivity contribution in [1.29, 1.82) is 0 Å². The normalized spacial score (nSPS) is 9.87. The van der Waals surface area contributed by atoms with Crippen LogP contribution >= 0.6 is 11.8 Å². The van der Waals surface area contributed by atoms with E-state index in [1.165, 1.54) is 6.08 Å². The van der Waals surface area contributed by atoms with Crippen molar-refractivity contribution < 1.29 is 19.1 Å². The van der Waals surface area contributed by atoms with Gasteiger partial charge in [0.2, 0.25) is 6.41 Å². The molecule has 0 aliphatic carbocycles. The second kappa shape index (κ2) is 16.7. The number of imide groups is 1. The molecule has 2 aromatic carbocycles. The van der Waals surface area contributed by atoms with Crippen LogP contribution in [0, 0.1) is 0 Å². The fourth-order valence-electron chi connectivity index (χ4n) is 2.32. The predicted octanol–water partition coefficient (Wildman–Crippen LogP) is 6.29. The molecule has 0 aliphatic heterocycles. The van der Waals surface area contributed by atoms with E-state index in [2.05, 4.69) is 24.5 Å². The fourth-order valence-corrected chi connectivity index (χ4v) is 3.02. The Balaban J connectivity index is 0.00000165. The van der Waals surface area contributed by atoms with Crippen LogP contribution in [0.25, 0.3) is 17.2 Å². The molecule has 2 amide bonds. The Hall–Kier alpha value is -3.09. The van der Waals surface area contributed by atoms with Gasteiger partial charge < -0.3 is 9.47 Å². The van der Waals surface area contributed by atoms with Crippen LogP contribution in [-0.2, 0) is 9.53 Å². The second-order valence-corrected chi connectivity index (χ2v) is 7.13. The number of allylic oxidation sites excluding steroid dienone is 1. The molecule has 0 radical (unpaired) electrons. The maximum Gasteiger partial charge on any atom is 0.292 e. The minimum Gasteiger partial charge on any atom is -0.497 e. The third kappa shape index (κ3) is 10.5. The van der Waals surface area contributed by atoms with Crippen molar-refractivity contribution in [3.05, 3.63) is 84.8 Å². The van der Waals surface area contributed by atoms with Gasteiger partial charge in [0.15, 0.2) is 0 Å². The first-order valence-electron chi connectivity index (χ1n) is 9.36. The van der Waals surface area contributed by atoms with Crippen LogP contribution < -0.4 is 4.74 Å². The first-order valence-corrected chi connectivity index (χ1v) is 10.2. The second-order valence-electron chi connectivity index (χ2n) is 5.93. The third-order valence-corrected chi connectivity index (χ3v) is 4.49. The highest BCUT2D eigenvalue weighted by molar-refractivity contribution is 8.16. The van der Waals surface area contributed by atoms with E-state index in [4.69, 9.17) is 4.74 Å². The quantitative estimate of drug-likeness (QED) is 0.373. The smallest absolute Gasteiger partial charge is 0.292 e. The van der Waals surface area contributed by atoms with Crippen LogP contribution in [0.1, 0.15) is 12.5 Å². The fraction of sp³-hybridized carbons (Fsp3) is 0.200. The Kier molecular flexibility index (Phi) is 15.0. The number of hydrogen-bond acceptors (Lipinski definition) is 5. The van der Waals surface area contributed by atoms with Gasteiger partial charge in [-0.1, -0.05) is 42.5 Å². The largest absolute Gasteiger partial charge is 0.497 e. The maximum atomic E-state index is 12.0. The lowest BCUT2D eigenvalue weighted by atomic mass is 10.0. The number of methoxy groups -OCH3 is 2. The summed E-state index contributed by atoms with van der Waals surface area (Å²) in [5, 5.41) is -0.316. The van der Waals surface area contributed by atoms with Gasteiger partial charge in [0.05, 0.1) is 7.11 Å². The SMILES string of the molecule is C=C.C=CCN(C=O)C(=O)S/C(C)=C\c1ccc(-c2ccc(OC)cc2)cc1.COC. The summed E-state index contributed by atoms with van der Waals surface area (Å²) in [6.45, 7) is 11.6. The summed E-state index contributed by atoms with van der Waals surface area (Å²) in [6.07, 6.45) is 3.95. The highest BCUT2D eigenvalue weighted by atomic mass is 32.2. The Morgan fingerprint density at radius 2 is 1.48 bits per heavy atom. The molecule has 0 fully saturated rings. The van der Waals surface area contributed by atoms with Gasteiger partial charge in [0, 0.05) is 20.8 Å². The van der Waals surface area contributed by atoms with E-state index in [9.17, 15) is 9.59 Å². The van der Waals surface area contributed by atoms with E-state index in [1.54, 1.807) is 21.3 Å². The molecule has 5 nitrogen and oxygen atoms in total. The Bertz CT molecular complexity index is 830. The molecule has 31 heavy (non-hydrogen) atoms. The van der Waals surface area contributed by atoms with Crippen LogP contribution in [0.4, 0.5) is 4.79 Å². The minimum absolute atomic E-state index is 0.208. The van der Waals surface area contributed by atoms with Crippen molar-refractivity contribution in [3.8, 4) is 16.9 Å². The number of amides is 2. The van der Waals surface area contributed by atoms with Crippen molar-refractivity contribution in [2.24, 2.45) is 0 Å². The molecule has 0 aromatic heterocycles. The number of carbonyl (C=O) groups excluding carboxylic acids is 2. The Morgan fingerprint density at radius 1 is 1.00 bits per heavy atom. The minimum atomic E-state index is -0.316. The number of ether oxygens (including phenoxy) is 2. The molecule has 0 heterocycles. The zero-order valence-electron chi connectivity index (χ0n) is 18.7. The topological polar surface area (TPSA) is 55.8 Å². The van der Waals surface area contributed by atoms with E-state index < -0.39 is 0 Å². The van der Waals surface area contributed by atoms with Crippen molar-refractivity contribution in [2.75, 3.05) is 27.9 Å². The van der Waals surface area contributed by atoms with Gasteiger partial charge in [-0.2, -0.15) is 0 Å². The molecule has 0 N–H and O–H groups in total. The van der Waals surface area contributed by atoms with E-state index in [0.29, 0.717) is 6.41 Å². The zero-order valence-corrected chi connectivity index (χ0v) is 19.5. The van der Waals surface area contributed by atoms with Gasteiger partial charge in [-0.15, -0.1) is 19.7 Å². The average Bonchev–Trinajstić information content (AvgIpc) is 2.79. The summed E-state index contributed by atoms with van der Waals surface area (Å²) in [7, 11) is 4.90. The number of carbonyl (C=O) groups is 2. The Morgan fingerprint density at radius 3 is 1.90 bits per heavy atom. The van der Waals surface area contributed by atoms with Gasteiger partial charge in [0.1, 0.15) is 5.75 Å². The molecular formula is C25H31NO4S. The van der Waals surface area contributed by atoms with Gasteiger partial charge in [-0.25, -0.2) is 0 Å². The molecule has 2 rings (SSSR count). The van der Waals surface area contributed by atoms with Crippen LogP contribution in [0.2, 0.25) is 0 Å². The standard InChI is InChI=1S/C21H21NO3S.C2H6O.C2H4/c1-4-13-22(15-23)21(24)26-16(2)14-17-5-7-18(8-6-17)19-9-11-20(25-3)12-10-19;1-3-2;1-2/h4-12,14-15H,1,13H2,2-3H3;1-2H3;1-2H2/b16-14-;;. The molecular weight excluding hydrogens is 410 g/mol. The number of hydrogen-bond donors (Lipinski definition) is 0. The highest BCUT2D eigenvalue weighted by Crippen LogP contribution is 2.25. The molecule has 166 valence electrons. The van der Waals surface area contributed by atoms with Crippen LogP contribution in [0.3, 0.4) is 0 Å². The van der Waals surface area contributed by atoms with Crippen LogP contribution in [0.15, 0.2) is 79.2 Å². The molecule has 0 unspecified atom stereocenters. The molecule has 2 aromatic rings.